The van der Waals surface area contributed by atoms with Gasteiger partial charge >= 0.3 is 0 Å². The molecule has 0 spiro atoms. The van der Waals surface area contributed by atoms with Crippen LogP contribution in [0.15, 0.2) is 0 Å². The lowest BCUT2D eigenvalue weighted by molar-refractivity contribution is 1.08. The summed E-state index contributed by atoms with van der Waals surface area (Å²) in [6.45, 7) is 0.689. The predicted octanol–water partition coefficient (Wildman–Crippen LogP) is 0.467. The van der Waals surface area contributed by atoms with Crippen LogP contribution < -0.4 is 5.23 Å². The first-order chi connectivity index (χ1) is 5.35. The molecule has 0 aromatic rings. The van der Waals surface area contributed by atoms with Crippen molar-refractivity contribution in [3.8, 4) is 37.0 Å². The fourth-order valence-electron chi connectivity index (χ4n) is 0.704. The summed E-state index contributed by atoms with van der Waals surface area (Å²) < 4.78 is 0. The number of hydrogen-bond donors (Lipinski definition) is 1. The van der Waals surface area contributed by atoms with Gasteiger partial charge < -0.3 is 5.23 Å². The van der Waals surface area contributed by atoms with Crippen molar-refractivity contribution in [2.24, 2.45) is 0 Å². The molecule has 0 atom stereocenters. The third kappa shape index (κ3) is 5.16. The van der Waals surface area contributed by atoms with Gasteiger partial charge in [-0.15, -0.1) is 31.1 Å². The summed E-state index contributed by atoms with van der Waals surface area (Å²) in [7, 11) is 0. The second kappa shape index (κ2) is 6.82. The minimum Gasteiger partial charge on any atom is -0.344 e. The smallest absolute Gasteiger partial charge is 0.245 e. The highest BCUT2D eigenvalue weighted by molar-refractivity contribution is 6.57. The molecule has 0 aliphatic rings. The monoisotopic (exact) mass is 143 g/mol. The van der Waals surface area contributed by atoms with Gasteiger partial charge in [0.1, 0.15) is 0 Å². The number of terminal acetylenes is 3. The average molecular weight is 143 g/mol. The van der Waals surface area contributed by atoms with E-state index in [0.717, 1.165) is 0 Å². The molecular weight excluding hydrogens is 133 g/mol. The van der Waals surface area contributed by atoms with Gasteiger partial charge in [-0.05, 0) is 0 Å². The van der Waals surface area contributed by atoms with Crippen LogP contribution in [0.5, 0.6) is 0 Å². The lowest BCUT2D eigenvalue weighted by atomic mass is 9.57. The van der Waals surface area contributed by atoms with Crippen molar-refractivity contribution in [2.45, 2.75) is 12.6 Å². The Morgan fingerprint density at radius 3 is 1.91 bits per heavy atom. The Balaban J connectivity index is 3.65. The van der Waals surface area contributed by atoms with Gasteiger partial charge in [0.2, 0.25) is 6.85 Å². The quantitative estimate of drug-likeness (QED) is 0.445. The van der Waals surface area contributed by atoms with E-state index in [1.54, 1.807) is 0 Å². The second-order valence-electron chi connectivity index (χ2n) is 2.10. The zero-order valence-corrected chi connectivity index (χ0v) is 6.43. The molecule has 0 rings (SSSR count). The third-order valence-electron chi connectivity index (χ3n) is 1.22. The van der Waals surface area contributed by atoms with Crippen LogP contribution in [-0.2, 0) is 0 Å². The Morgan fingerprint density at radius 2 is 1.55 bits per heavy atom. The molecule has 0 aromatic heterocycles. The number of hydrogen-bond acceptors (Lipinski definition) is 1. The lowest BCUT2D eigenvalue weighted by Gasteiger charge is -2.05. The van der Waals surface area contributed by atoms with Gasteiger partial charge in [-0.1, -0.05) is 5.92 Å². The van der Waals surface area contributed by atoms with E-state index in [9.17, 15) is 0 Å². The second-order valence-corrected chi connectivity index (χ2v) is 2.10. The number of rotatable bonds is 4. The Labute approximate surface area is 69.1 Å². The molecule has 1 N–H and O–H groups in total. The van der Waals surface area contributed by atoms with Gasteiger partial charge in [-0.25, -0.2) is 0 Å². The van der Waals surface area contributed by atoms with Crippen LogP contribution in [-0.4, -0.2) is 13.4 Å². The molecule has 0 fully saturated rings. The van der Waals surface area contributed by atoms with E-state index in [1.807, 2.05) is 0 Å². The van der Waals surface area contributed by atoms with Gasteiger partial charge in [-0.2, -0.15) is 0 Å². The first-order valence-electron chi connectivity index (χ1n) is 3.39. The minimum atomic E-state index is 0.168. The Hall–Kier alpha value is -1.30. The molecule has 11 heavy (non-hydrogen) atoms. The largest absolute Gasteiger partial charge is 0.344 e. The first-order valence-corrected chi connectivity index (χ1v) is 3.39. The summed E-state index contributed by atoms with van der Waals surface area (Å²) in [6, 6.07) is 0. The van der Waals surface area contributed by atoms with Gasteiger partial charge in [0.15, 0.2) is 0 Å². The fourth-order valence-corrected chi connectivity index (χ4v) is 0.704. The summed E-state index contributed by atoms with van der Waals surface area (Å²) >= 11 is 0. The van der Waals surface area contributed by atoms with E-state index in [4.69, 9.17) is 19.3 Å². The molecule has 0 aromatic carbocycles. The first kappa shape index (κ1) is 9.70. The fraction of sp³-hybridized carbons (Fsp3) is 0.333. The zero-order valence-electron chi connectivity index (χ0n) is 6.43. The summed E-state index contributed by atoms with van der Waals surface area (Å²) in [5.74, 6) is 7.54. The van der Waals surface area contributed by atoms with Crippen LogP contribution in [0.4, 0.5) is 0 Å². The molecule has 2 heteroatoms. The predicted molar refractivity (Wildman–Crippen MR) is 49.9 cm³/mol. The molecule has 0 saturated carbocycles. The molecule has 0 heterocycles. The molecule has 0 aliphatic heterocycles. The molecule has 0 radical (unpaired) electrons. The van der Waals surface area contributed by atoms with Gasteiger partial charge in [0, 0.05) is 19.2 Å². The molecule has 1 nitrogen and oxygen atoms in total. The van der Waals surface area contributed by atoms with Crippen molar-refractivity contribution in [3.05, 3.63) is 0 Å². The van der Waals surface area contributed by atoms with E-state index < -0.39 is 0 Å². The van der Waals surface area contributed by atoms with Crippen molar-refractivity contribution in [3.63, 3.8) is 0 Å². The Morgan fingerprint density at radius 1 is 1.00 bits per heavy atom. The van der Waals surface area contributed by atoms with Crippen LogP contribution in [0.25, 0.3) is 0 Å². The van der Waals surface area contributed by atoms with Crippen molar-refractivity contribution in [2.75, 3.05) is 6.54 Å². The van der Waals surface area contributed by atoms with Crippen LogP contribution in [0.2, 0.25) is 12.6 Å². The maximum atomic E-state index is 5.12. The van der Waals surface area contributed by atoms with E-state index in [-0.39, 0.29) is 6.85 Å². The van der Waals surface area contributed by atoms with E-state index in [1.165, 1.54) is 0 Å². The summed E-state index contributed by atoms with van der Waals surface area (Å²) in [5, 5.41) is 3.05. The third-order valence-corrected chi connectivity index (χ3v) is 1.22. The van der Waals surface area contributed by atoms with Crippen molar-refractivity contribution in [1.82, 2.24) is 5.23 Å². The lowest BCUT2D eigenvalue weighted by Crippen LogP contribution is -2.32. The minimum absolute atomic E-state index is 0.168. The highest BCUT2D eigenvalue weighted by atomic mass is 14.8. The maximum Gasteiger partial charge on any atom is 0.245 e. The van der Waals surface area contributed by atoms with Crippen LogP contribution in [0.3, 0.4) is 0 Å². The molecule has 0 unspecified atom stereocenters. The van der Waals surface area contributed by atoms with Crippen molar-refractivity contribution < 1.29 is 0 Å². The normalized spacial score (nSPS) is 7.36. The molecular formula is C9H10BN. The van der Waals surface area contributed by atoms with Crippen LogP contribution in [0.1, 0.15) is 0 Å². The molecule has 0 aliphatic carbocycles. The molecule has 0 amide bonds. The number of nitrogens with one attached hydrogen (secondary N) is 1. The summed E-state index contributed by atoms with van der Waals surface area (Å²) in [5.41, 5.74) is 0. The Bertz CT molecular complexity index is 197. The molecule has 0 saturated heterocycles. The van der Waals surface area contributed by atoms with E-state index in [0.29, 0.717) is 19.2 Å². The van der Waals surface area contributed by atoms with E-state index in [2.05, 4.69) is 23.0 Å². The zero-order chi connectivity index (χ0) is 8.53. The average Bonchev–Trinajstić information content (AvgIpc) is 2.01. The van der Waals surface area contributed by atoms with Gasteiger partial charge in [0.05, 0.1) is 0 Å². The van der Waals surface area contributed by atoms with Crippen LogP contribution >= 0.6 is 0 Å². The van der Waals surface area contributed by atoms with Gasteiger partial charge in [0.25, 0.3) is 0 Å². The standard InChI is InChI=1S/C9H10BN/c1-4-7-10(8-5-2)11-9-6-3/h1-3,11H,7-9H2. The molecule has 0 bridgehead atoms. The Kier molecular flexibility index (Phi) is 6.02. The SMILES string of the molecule is C#CCNB(CC#C)CC#C. The molecule has 54 valence electrons. The maximum absolute atomic E-state index is 5.12. The summed E-state index contributed by atoms with van der Waals surface area (Å²) in [4.78, 5) is 0. The van der Waals surface area contributed by atoms with Crippen molar-refractivity contribution >= 4 is 6.85 Å². The van der Waals surface area contributed by atoms with Gasteiger partial charge in [-0.3, -0.25) is 0 Å². The van der Waals surface area contributed by atoms with Crippen molar-refractivity contribution in [1.29, 1.82) is 0 Å². The highest BCUT2D eigenvalue weighted by Crippen LogP contribution is 1.92. The topological polar surface area (TPSA) is 12.0 Å². The highest BCUT2D eigenvalue weighted by Gasteiger charge is 2.08. The van der Waals surface area contributed by atoms with Crippen LogP contribution in [0, 0.1) is 37.0 Å². The summed E-state index contributed by atoms with van der Waals surface area (Å²) in [6.07, 6.45) is 16.6. The van der Waals surface area contributed by atoms with E-state index >= 15 is 0 Å².